The van der Waals surface area contributed by atoms with Crippen molar-refractivity contribution >= 4 is 0 Å². The maximum Gasteiger partial charge on any atom is 0.119 e. The first kappa shape index (κ1) is 14.4. The molecule has 1 atom stereocenters. The van der Waals surface area contributed by atoms with E-state index in [2.05, 4.69) is 30.4 Å². The minimum atomic E-state index is 0.623. The number of benzene rings is 1. The number of ether oxygens (including phenoxy) is 1. The number of hydrogen-bond donors (Lipinski definition) is 1. The van der Waals surface area contributed by atoms with Crippen molar-refractivity contribution < 1.29 is 4.74 Å². The van der Waals surface area contributed by atoms with Crippen LogP contribution in [0.2, 0.25) is 0 Å². The van der Waals surface area contributed by atoms with E-state index in [4.69, 9.17) is 4.74 Å². The predicted octanol–water partition coefficient (Wildman–Crippen LogP) is 3.80. The molecule has 1 aromatic carbocycles. The zero-order valence-electron chi connectivity index (χ0n) is 12.3. The van der Waals surface area contributed by atoms with E-state index in [1.807, 2.05) is 6.07 Å². The lowest BCUT2D eigenvalue weighted by molar-refractivity contribution is 0.269. The molecule has 2 heteroatoms. The van der Waals surface area contributed by atoms with Gasteiger partial charge in [0, 0.05) is 6.04 Å². The number of rotatable bonds is 6. The van der Waals surface area contributed by atoms with Crippen molar-refractivity contribution in [1.29, 1.82) is 0 Å². The van der Waals surface area contributed by atoms with Gasteiger partial charge in [-0.25, -0.2) is 0 Å². The molecule has 0 heterocycles. The van der Waals surface area contributed by atoms with Crippen LogP contribution in [0.4, 0.5) is 0 Å². The van der Waals surface area contributed by atoms with Gasteiger partial charge in [-0.2, -0.15) is 0 Å². The van der Waals surface area contributed by atoms with Gasteiger partial charge in [0.2, 0.25) is 0 Å². The van der Waals surface area contributed by atoms with Crippen LogP contribution in [0.5, 0.6) is 5.75 Å². The molecule has 2 nitrogen and oxygen atoms in total. The largest absolute Gasteiger partial charge is 0.497 e. The fraction of sp³-hybridized carbons (Fsp3) is 0.647. The topological polar surface area (TPSA) is 21.3 Å². The van der Waals surface area contributed by atoms with Gasteiger partial charge in [0.1, 0.15) is 5.75 Å². The fourth-order valence-corrected chi connectivity index (χ4v) is 3.26. The highest BCUT2D eigenvalue weighted by Gasteiger charge is 2.23. The Kier molecular flexibility index (Phi) is 5.71. The lowest BCUT2D eigenvalue weighted by Gasteiger charge is -2.31. The van der Waals surface area contributed by atoms with Crippen molar-refractivity contribution in [1.82, 2.24) is 5.32 Å². The molecule has 1 N–H and O–H groups in total. The van der Waals surface area contributed by atoms with Crippen LogP contribution in [0.3, 0.4) is 0 Å². The van der Waals surface area contributed by atoms with E-state index >= 15 is 0 Å². The van der Waals surface area contributed by atoms with Crippen LogP contribution in [-0.2, 0) is 6.42 Å². The van der Waals surface area contributed by atoms with Crippen LogP contribution in [0.15, 0.2) is 24.3 Å². The van der Waals surface area contributed by atoms with Crippen molar-refractivity contribution in [3.8, 4) is 5.75 Å². The second kappa shape index (κ2) is 7.54. The summed E-state index contributed by atoms with van der Waals surface area (Å²) in [5.74, 6) is 1.82. The van der Waals surface area contributed by atoms with E-state index in [9.17, 15) is 0 Å². The van der Waals surface area contributed by atoms with E-state index in [-0.39, 0.29) is 0 Å². The molecule has 1 aliphatic rings. The second-order valence-electron chi connectivity index (χ2n) is 5.62. The van der Waals surface area contributed by atoms with Crippen LogP contribution in [0.1, 0.15) is 44.6 Å². The summed E-state index contributed by atoms with van der Waals surface area (Å²) in [5, 5.41) is 3.70. The van der Waals surface area contributed by atoms with Gasteiger partial charge in [-0.05, 0) is 49.4 Å². The van der Waals surface area contributed by atoms with Gasteiger partial charge >= 0.3 is 0 Å². The molecule has 0 bridgehead atoms. The molecule has 1 unspecified atom stereocenters. The first-order valence-electron chi connectivity index (χ1n) is 7.69. The van der Waals surface area contributed by atoms with Gasteiger partial charge < -0.3 is 10.1 Å². The summed E-state index contributed by atoms with van der Waals surface area (Å²) in [6, 6.07) is 9.13. The van der Waals surface area contributed by atoms with E-state index < -0.39 is 0 Å². The lowest BCUT2D eigenvalue weighted by atomic mass is 9.81. The SMILES string of the molecule is CCNC(Cc1cccc(OC)c1)C1CCCCC1. The van der Waals surface area contributed by atoms with Crippen molar-refractivity contribution in [2.75, 3.05) is 13.7 Å². The summed E-state index contributed by atoms with van der Waals surface area (Å²) in [6.07, 6.45) is 8.14. The molecule has 0 radical (unpaired) electrons. The number of methoxy groups -OCH3 is 1. The normalized spacial score (nSPS) is 18.2. The van der Waals surface area contributed by atoms with Crippen LogP contribution in [0, 0.1) is 5.92 Å². The van der Waals surface area contributed by atoms with Crippen LogP contribution in [0.25, 0.3) is 0 Å². The molecular weight excluding hydrogens is 234 g/mol. The summed E-state index contributed by atoms with van der Waals surface area (Å²) < 4.78 is 5.32. The summed E-state index contributed by atoms with van der Waals surface area (Å²) in [5.41, 5.74) is 1.39. The van der Waals surface area contributed by atoms with Gasteiger partial charge in [-0.3, -0.25) is 0 Å². The summed E-state index contributed by atoms with van der Waals surface area (Å²) >= 11 is 0. The molecule has 1 saturated carbocycles. The highest BCUT2D eigenvalue weighted by atomic mass is 16.5. The lowest BCUT2D eigenvalue weighted by Crippen LogP contribution is -2.38. The molecule has 0 saturated heterocycles. The average Bonchev–Trinajstić information content (AvgIpc) is 2.48. The quantitative estimate of drug-likeness (QED) is 0.841. The third kappa shape index (κ3) is 4.24. The van der Waals surface area contributed by atoms with Crippen molar-refractivity contribution in [3.05, 3.63) is 29.8 Å². The first-order valence-corrected chi connectivity index (χ1v) is 7.69. The number of nitrogens with one attached hydrogen (secondary N) is 1. The molecule has 1 aliphatic carbocycles. The summed E-state index contributed by atoms with van der Waals surface area (Å²) in [7, 11) is 1.74. The van der Waals surface area contributed by atoms with Gasteiger partial charge in [0.05, 0.1) is 7.11 Å². The molecule has 1 fully saturated rings. The monoisotopic (exact) mass is 261 g/mol. The van der Waals surface area contributed by atoms with Gasteiger partial charge in [0.15, 0.2) is 0 Å². The summed E-state index contributed by atoms with van der Waals surface area (Å²) in [6.45, 7) is 3.27. The van der Waals surface area contributed by atoms with Crippen LogP contribution < -0.4 is 10.1 Å². The van der Waals surface area contributed by atoms with Gasteiger partial charge in [-0.15, -0.1) is 0 Å². The molecule has 1 aromatic rings. The molecule has 0 spiro atoms. The Balaban J connectivity index is 2.01. The maximum absolute atomic E-state index is 5.32. The smallest absolute Gasteiger partial charge is 0.119 e. The van der Waals surface area contributed by atoms with Crippen molar-refractivity contribution in [2.24, 2.45) is 5.92 Å². The molecule has 106 valence electrons. The highest BCUT2D eigenvalue weighted by molar-refractivity contribution is 5.29. The minimum Gasteiger partial charge on any atom is -0.497 e. The van der Waals surface area contributed by atoms with Crippen molar-refractivity contribution in [2.45, 2.75) is 51.5 Å². The molecule has 0 aromatic heterocycles. The molecule has 19 heavy (non-hydrogen) atoms. The zero-order chi connectivity index (χ0) is 13.5. The molecule has 0 aliphatic heterocycles. The molecule has 0 amide bonds. The Morgan fingerprint density at radius 1 is 1.26 bits per heavy atom. The van der Waals surface area contributed by atoms with Crippen LogP contribution >= 0.6 is 0 Å². The van der Waals surface area contributed by atoms with Crippen LogP contribution in [-0.4, -0.2) is 19.7 Å². The highest BCUT2D eigenvalue weighted by Crippen LogP contribution is 2.28. The zero-order valence-corrected chi connectivity index (χ0v) is 12.3. The van der Waals surface area contributed by atoms with Crippen molar-refractivity contribution in [3.63, 3.8) is 0 Å². The van der Waals surface area contributed by atoms with Gasteiger partial charge in [0.25, 0.3) is 0 Å². The predicted molar refractivity (Wildman–Crippen MR) is 80.7 cm³/mol. The first-order chi connectivity index (χ1) is 9.33. The third-order valence-electron chi connectivity index (χ3n) is 4.27. The molecular formula is C17H27NO. The second-order valence-corrected chi connectivity index (χ2v) is 5.62. The van der Waals surface area contributed by atoms with E-state index in [1.54, 1.807) is 7.11 Å². The van der Waals surface area contributed by atoms with Gasteiger partial charge in [-0.1, -0.05) is 38.3 Å². The Morgan fingerprint density at radius 3 is 2.74 bits per heavy atom. The standard InChI is InChI=1S/C17H27NO/c1-3-18-17(15-9-5-4-6-10-15)13-14-8-7-11-16(12-14)19-2/h7-8,11-12,15,17-18H,3-6,9-10,13H2,1-2H3. The maximum atomic E-state index is 5.32. The van der Waals surface area contributed by atoms with E-state index in [1.165, 1.54) is 37.7 Å². The summed E-state index contributed by atoms with van der Waals surface area (Å²) in [4.78, 5) is 0. The minimum absolute atomic E-state index is 0.623. The van der Waals surface area contributed by atoms with E-state index in [0.717, 1.165) is 24.6 Å². The number of hydrogen-bond acceptors (Lipinski definition) is 2. The Hall–Kier alpha value is -1.02. The third-order valence-corrected chi connectivity index (χ3v) is 4.27. The Labute approximate surface area is 117 Å². The van der Waals surface area contributed by atoms with E-state index in [0.29, 0.717) is 6.04 Å². The average molecular weight is 261 g/mol. The fourth-order valence-electron chi connectivity index (χ4n) is 3.26. The number of likely N-dealkylation sites (N-methyl/N-ethyl adjacent to an activating group) is 1. The molecule has 2 rings (SSSR count). The Bertz CT molecular complexity index is 371. The Morgan fingerprint density at radius 2 is 2.05 bits per heavy atom.